The maximum absolute atomic E-state index is 12.8. The number of carbonyl (C=O) groups is 1. The van der Waals surface area contributed by atoms with Crippen molar-refractivity contribution >= 4 is 33.0 Å². The van der Waals surface area contributed by atoms with Crippen molar-refractivity contribution in [3.05, 3.63) is 55.7 Å². The third-order valence-corrected chi connectivity index (χ3v) is 3.89. The van der Waals surface area contributed by atoms with Crippen molar-refractivity contribution in [1.29, 1.82) is 0 Å². The van der Waals surface area contributed by atoms with E-state index < -0.39 is 17.5 Å². The lowest BCUT2D eigenvalue weighted by atomic mass is 9.98. The summed E-state index contributed by atoms with van der Waals surface area (Å²) < 4.78 is 39.0. The van der Waals surface area contributed by atoms with Crippen molar-refractivity contribution in [2.45, 2.75) is 13.1 Å². The van der Waals surface area contributed by atoms with E-state index in [2.05, 4.69) is 15.9 Å². The van der Waals surface area contributed by atoms with Crippen LogP contribution in [0.3, 0.4) is 0 Å². The number of rotatable bonds is 2. The van der Waals surface area contributed by atoms with E-state index in [0.717, 1.165) is 16.7 Å². The number of alkyl halides is 3. The van der Waals surface area contributed by atoms with Crippen LogP contribution in [0.1, 0.15) is 27.0 Å². The van der Waals surface area contributed by atoms with Crippen molar-refractivity contribution in [3.63, 3.8) is 0 Å². The molecule has 0 saturated carbocycles. The van der Waals surface area contributed by atoms with Gasteiger partial charge in [-0.15, -0.1) is 0 Å². The van der Waals surface area contributed by atoms with E-state index >= 15 is 0 Å². The quantitative estimate of drug-likeness (QED) is 0.692. The molecule has 1 heterocycles. The highest BCUT2D eigenvalue weighted by Gasteiger charge is 2.36. The second-order valence-electron chi connectivity index (χ2n) is 3.99. The summed E-state index contributed by atoms with van der Waals surface area (Å²) in [5.74, 6) is -0.604. The van der Waals surface area contributed by atoms with Crippen LogP contribution in [0.15, 0.2) is 33.4 Å². The minimum atomic E-state index is -4.51. The monoisotopic (exact) mass is 348 g/mol. The Hall–Kier alpha value is -1.14. The number of halogens is 4. The smallest absolute Gasteiger partial charge is 0.289 e. The number of hydrogen-bond donors (Lipinski definition) is 0. The van der Waals surface area contributed by atoms with Gasteiger partial charge < -0.3 is 0 Å². The Morgan fingerprint density at radius 1 is 1.21 bits per heavy atom. The second-order valence-corrected chi connectivity index (χ2v) is 5.64. The van der Waals surface area contributed by atoms with Crippen LogP contribution < -0.4 is 0 Å². The van der Waals surface area contributed by atoms with Crippen molar-refractivity contribution in [2.75, 3.05) is 0 Å². The molecule has 1 aromatic heterocycles. The van der Waals surface area contributed by atoms with Crippen molar-refractivity contribution in [3.8, 4) is 0 Å². The first-order valence-corrected chi connectivity index (χ1v) is 6.98. The summed E-state index contributed by atoms with van der Waals surface area (Å²) in [5.41, 5.74) is -0.244. The largest absolute Gasteiger partial charge is 0.417 e. The molecule has 0 bridgehead atoms. The molecule has 6 heteroatoms. The summed E-state index contributed by atoms with van der Waals surface area (Å²) in [7, 11) is 0. The van der Waals surface area contributed by atoms with Gasteiger partial charge in [-0.3, -0.25) is 4.79 Å². The van der Waals surface area contributed by atoms with Gasteiger partial charge in [-0.2, -0.15) is 24.5 Å². The molecule has 1 aromatic carbocycles. The summed E-state index contributed by atoms with van der Waals surface area (Å²) in [4.78, 5) is 12.2. The van der Waals surface area contributed by atoms with Gasteiger partial charge in [-0.05, 0) is 24.6 Å². The van der Waals surface area contributed by atoms with Crippen LogP contribution in [-0.2, 0) is 6.18 Å². The normalized spacial score (nSPS) is 11.6. The molecule has 0 amide bonds. The predicted molar refractivity (Wildman–Crippen MR) is 71.6 cm³/mol. The summed E-state index contributed by atoms with van der Waals surface area (Å²) in [6, 6.07) is 4.97. The van der Waals surface area contributed by atoms with Crippen LogP contribution in [0.25, 0.3) is 0 Å². The Morgan fingerprint density at radius 2 is 1.89 bits per heavy atom. The molecule has 2 rings (SSSR count). The topological polar surface area (TPSA) is 17.1 Å². The lowest BCUT2D eigenvalue weighted by molar-refractivity contribution is -0.137. The van der Waals surface area contributed by atoms with Gasteiger partial charge in [0.05, 0.1) is 5.56 Å². The summed E-state index contributed by atoms with van der Waals surface area (Å²) in [6.45, 7) is 1.69. The van der Waals surface area contributed by atoms with Gasteiger partial charge in [0.25, 0.3) is 0 Å². The first-order chi connectivity index (χ1) is 8.80. The van der Waals surface area contributed by atoms with Crippen LogP contribution in [0.5, 0.6) is 0 Å². The van der Waals surface area contributed by atoms with Crippen LogP contribution in [-0.4, -0.2) is 5.78 Å². The van der Waals surface area contributed by atoms with E-state index in [0.29, 0.717) is 10.0 Å². The third kappa shape index (κ3) is 2.90. The lowest BCUT2D eigenvalue weighted by Crippen LogP contribution is -2.12. The van der Waals surface area contributed by atoms with E-state index in [-0.39, 0.29) is 11.1 Å². The van der Waals surface area contributed by atoms with Crippen LogP contribution in [0, 0.1) is 6.92 Å². The molecule has 100 valence electrons. The lowest BCUT2D eigenvalue weighted by Gasteiger charge is -2.09. The molecule has 1 nitrogen and oxygen atoms in total. The minimum absolute atomic E-state index is 0.276. The summed E-state index contributed by atoms with van der Waals surface area (Å²) in [5, 5.41) is 2.20. The molecule has 0 spiro atoms. The molecule has 0 N–H and O–H groups in total. The van der Waals surface area contributed by atoms with Gasteiger partial charge in [0, 0.05) is 26.4 Å². The zero-order chi connectivity index (χ0) is 14.2. The number of hydrogen-bond acceptors (Lipinski definition) is 2. The zero-order valence-corrected chi connectivity index (χ0v) is 12.1. The minimum Gasteiger partial charge on any atom is -0.289 e. The maximum Gasteiger partial charge on any atom is 0.417 e. The van der Waals surface area contributed by atoms with E-state index in [1.807, 2.05) is 0 Å². The van der Waals surface area contributed by atoms with E-state index in [1.54, 1.807) is 19.1 Å². The molecule has 0 aliphatic carbocycles. The number of benzene rings is 1. The van der Waals surface area contributed by atoms with Crippen LogP contribution in [0.4, 0.5) is 13.2 Å². The third-order valence-electron chi connectivity index (χ3n) is 2.66. The van der Waals surface area contributed by atoms with E-state index in [1.165, 1.54) is 11.4 Å². The van der Waals surface area contributed by atoms with Gasteiger partial charge in [0.1, 0.15) is 0 Å². The second kappa shape index (κ2) is 5.09. The highest BCUT2D eigenvalue weighted by atomic mass is 79.9. The molecule has 2 aromatic rings. The highest BCUT2D eigenvalue weighted by molar-refractivity contribution is 9.10. The average Bonchev–Trinajstić information content (AvgIpc) is 2.80. The van der Waals surface area contributed by atoms with E-state index in [9.17, 15) is 18.0 Å². The van der Waals surface area contributed by atoms with Gasteiger partial charge in [-0.1, -0.05) is 22.0 Å². The Labute approximate surface area is 120 Å². The van der Waals surface area contributed by atoms with Crippen molar-refractivity contribution in [2.24, 2.45) is 0 Å². The fourth-order valence-electron chi connectivity index (χ4n) is 1.68. The fraction of sp³-hybridized carbons (Fsp3) is 0.154. The Bertz CT molecular complexity index is 631. The standard InChI is InChI=1S/C13H8BrF3OS/c1-7-2-3-8(14)4-9(7)12(18)10-5-19-6-11(10)13(15,16)17/h2-6H,1H3. The van der Waals surface area contributed by atoms with Crippen molar-refractivity contribution in [1.82, 2.24) is 0 Å². The molecule has 0 aliphatic rings. The van der Waals surface area contributed by atoms with Crippen LogP contribution in [0.2, 0.25) is 0 Å². The summed E-state index contributed by atoms with van der Waals surface area (Å²) >= 11 is 4.09. The molecule has 0 aliphatic heterocycles. The zero-order valence-electron chi connectivity index (χ0n) is 9.72. The number of aryl methyl sites for hydroxylation is 1. The van der Waals surface area contributed by atoms with Gasteiger partial charge >= 0.3 is 6.18 Å². The predicted octanol–water partition coefficient (Wildman–Crippen LogP) is 5.07. The maximum atomic E-state index is 12.8. The fourth-order valence-corrected chi connectivity index (χ4v) is 2.87. The molecule has 0 atom stereocenters. The molecule has 0 radical (unpaired) electrons. The number of thiophene rings is 1. The van der Waals surface area contributed by atoms with E-state index in [4.69, 9.17) is 0 Å². The van der Waals surface area contributed by atoms with Crippen LogP contribution >= 0.6 is 27.3 Å². The molecule has 0 unspecified atom stereocenters. The number of ketones is 1. The first kappa shape index (κ1) is 14.3. The first-order valence-electron chi connectivity index (χ1n) is 5.25. The molecule has 0 saturated heterocycles. The molecule has 0 fully saturated rings. The molecule has 19 heavy (non-hydrogen) atoms. The summed E-state index contributed by atoms with van der Waals surface area (Å²) in [6.07, 6.45) is -4.51. The molecular weight excluding hydrogens is 341 g/mol. The average molecular weight is 349 g/mol. The SMILES string of the molecule is Cc1ccc(Br)cc1C(=O)c1cscc1C(F)(F)F. The molecular formula is C13H8BrF3OS. The Balaban J connectivity index is 2.51. The Morgan fingerprint density at radius 3 is 2.53 bits per heavy atom. The number of carbonyl (C=O) groups excluding carboxylic acids is 1. The van der Waals surface area contributed by atoms with Gasteiger partial charge in [0.15, 0.2) is 5.78 Å². The highest BCUT2D eigenvalue weighted by Crippen LogP contribution is 2.35. The van der Waals surface area contributed by atoms with Gasteiger partial charge in [0.2, 0.25) is 0 Å². The Kier molecular flexibility index (Phi) is 3.82. The van der Waals surface area contributed by atoms with Gasteiger partial charge in [-0.25, -0.2) is 0 Å². The van der Waals surface area contributed by atoms with Crippen molar-refractivity contribution < 1.29 is 18.0 Å².